The number of aliphatic carboxylic acids is 2. The first kappa shape index (κ1) is 16.2. The second kappa shape index (κ2) is 6.10. The van der Waals surface area contributed by atoms with Crippen LogP contribution in [0, 0.1) is 0 Å². The van der Waals surface area contributed by atoms with Crippen LogP contribution in [0.15, 0.2) is 0 Å². The zero-order valence-corrected chi connectivity index (χ0v) is 15.3. The third-order valence-electron chi connectivity index (χ3n) is 2.63. The Hall–Kier alpha value is -0.644. The molecule has 0 aromatic rings. The quantitative estimate of drug-likeness (QED) is 0.339. The van der Waals surface area contributed by atoms with Crippen molar-refractivity contribution < 1.29 is 47.5 Å². The van der Waals surface area contributed by atoms with Gasteiger partial charge in [0, 0.05) is 0 Å². The monoisotopic (exact) mass is 536 g/mol. The normalized spacial score (nSPS) is 35.8. The Balaban J connectivity index is 1.93. The van der Waals surface area contributed by atoms with Crippen molar-refractivity contribution in [3.8, 4) is 0 Å². The molecule has 0 aliphatic carbocycles. The Kier molecular flexibility index (Phi) is 4.50. The van der Waals surface area contributed by atoms with Gasteiger partial charge in [-0.15, -0.1) is 0 Å². The summed E-state index contributed by atoms with van der Waals surface area (Å²) in [4.78, 5) is 45.7. The molecule has 0 amide bonds. The Morgan fingerprint density at radius 3 is 1.45 bits per heavy atom. The van der Waals surface area contributed by atoms with Crippen molar-refractivity contribution in [3.05, 3.63) is 0 Å². The molecular weight excluding hydrogens is 532 g/mol. The molecule has 0 radical (unpaired) electrons. The van der Waals surface area contributed by atoms with Gasteiger partial charge in [0.1, 0.15) is 0 Å². The number of fused-ring (bicyclic) bond motifs is 4. The van der Waals surface area contributed by atoms with E-state index in [0.717, 1.165) is 0 Å². The molecule has 4 bridgehead atoms. The van der Waals surface area contributed by atoms with Gasteiger partial charge in [0.25, 0.3) is 0 Å². The minimum absolute atomic E-state index is 1.02. The Morgan fingerprint density at radius 2 is 1.14 bits per heavy atom. The van der Waals surface area contributed by atoms with Crippen molar-refractivity contribution in [1.82, 2.24) is 0 Å². The van der Waals surface area contributed by atoms with Crippen molar-refractivity contribution in [2.45, 2.75) is 24.4 Å². The first-order chi connectivity index (χ1) is 10.4. The summed E-state index contributed by atoms with van der Waals surface area (Å²) in [7, 11) is 0. The summed E-state index contributed by atoms with van der Waals surface area (Å²) in [5, 5.41) is 18.2. The number of carboxylic acid groups (broad SMARTS) is 2. The SMILES string of the molecule is O=C1[O][Sb]2[O][C@H]1[C@H](C(=O)O)[O][Sb]1[O]C(=O)[C@H]([O]1)[C@H](C(=O)O)[O]2. The van der Waals surface area contributed by atoms with Gasteiger partial charge in [-0.3, -0.25) is 0 Å². The van der Waals surface area contributed by atoms with Crippen LogP contribution < -0.4 is 0 Å². The topological polar surface area (TPSA) is 164 Å². The predicted octanol–water partition coefficient (Wildman–Crippen LogP) is -3.21. The molecule has 4 atom stereocenters. The van der Waals surface area contributed by atoms with Crippen molar-refractivity contribution >= 4 is 66.8 Å². The van der Waals surface area contributed by atoms with Crippen LogP contribution in [0.25, 0.3) is 0 Å². The van der Waals surface area contributed by atoms with E-state index in [1.54, 1.807) is 0 Å². The van der Waals surface area contributed by atoms with Gasteiger partial charge in [-0.25, -0.2) is 0 Å². The molecule has 3 aliphatic rings. The third-order valence-corrected chi connectivity index (χ3v) is 9.07. The van der Waals surface area contributed by atoms with E-state index in [1.807, 2.05) is 0 Å². The van der Waals surface area contributed by atoms with Gasteiger partial charge in [-0.1, -0.05) is 0 Å². The molecule has 0 saturated carbocycles. The number of carbonyl (C=O) groups excluding carboxylic acids is 2. The maximum atomic E-state index is 11.6. The minimum atomic E-state index is -3.79. The van der Waals surface area contributed by atoms with E-state index >= 15 is 0 Å². The summed E-state index contributed by atoms with van der Waals surface area (Å²) >= 11 is -7.58. The van der Waals surface area contributed by atoms with Crippen molar-refractivity contribution in [1.29, 1.82) is 0 Å². The number of hydrogen-bond donors (Lipinski definition) is 2. The molecule has 3 aliphatic heterocycles. The fourth-order valence-corrected chi connectivity index (χ4v) is 8.25. The summed E-state index contributed by atoms with van der Waals surface area (Å²) < 4.78 is 29.8. The number of carbonyl (C=O) groups is 4. The molecule has 3 heterocycles. The zero-order valence-electron chi connectivity index (χ0n) is 10.2. The van der Waals surface area contributed by atoms with Crippen molar-refractivity contribution in [3.63, 3.8) is 0 Å². The second-order valence-corrected chi connectivity index (χ2v) is 10.1. The Labute approximate surface area is 138 Å². The summed E-state index contributed by atoms with van der Waals surface area (Å²) in [5.74, 6) is -5.12. The van der Waals surface area contributed by atoms with E-state index in [4.69, 9.17) is 28.3 Å². The maximum absolute atomic E-state index is 11.6. The van der Waals surface area contributed by atoms with Crippen LogP contribution in [0.2, 0.25) is 0 Å². The molecule has 3 fully saturated rings. The van der Waals surface area contributed by atoms with Crippen LogP contribution in [0.1, 0.15) is 0 Å². The van der Waals surface area contributed by atoms with Crippen molar-refractivity contribution in [2.24, 2.45) is 0 Å². The Bertz CT molecular complexity index is 501. The average Bonchev–Trinajstić information content (AvgIpc) is 2.95. The van der Waals surface area contributed by atoms with E-state index in [0.29, 0.717) is 0 Å². The molecule has 0 unspecified atom stereocenters. The summed E-state index contributed by atoms with van der Waals surface area (Å²) in [6.45, 7) is 0. The van der Waals surface area contributed by atoms with E-state index in [1.165, 1.54) is 0 Å². The number of hydrogen-bond acceptors (Lipinski definition) is 10. The molecule has 120 valence electrons. The van der Waals surface area contributed by atoms with Crippen LogP contribution >= 0.6 is 0 Å². The first-order valence-electron chi connectivity index (χ1n) is 5.53. The van der Waals surface area contributed by atoms with Gasteiger partial charge in [0.15, 0.2) is 0 Å². The van der Waals surface area contributed by atoms with Crippen LogP contribution in [-0.4, -0.2) is 101 Å². The van der Waals surface area contributed by atoms with Gasteiger partial charge in [0.2, 0.25) is 0 Å². The average molecular weight is 538 g/mol. The van der Waals surface area contributed by atoms with Crippen LogP contribution in [0.5, 0.6) is 0 Å². The summed E-state index contributed by atoms with van der Waals surface area (Å²) in [6.07, 6.45) is -6.78. The molecule has 14 heteroatoms. The van der Waals surface area contributed by atoms with E-state index in [-0.39, 0.29) is 0 Å². The van der Waals surface area contributed by atoms with Crippen LogP contribution in [-0.2, 0) is 37.3 Å². The molecular formula is C8H6O12Sb2. The van der Waals surface area contributed by atoms with Gasteiger partial charge in [-0.2, -0.15) is 0 Å². The third kappa shape index (κ3) is 2.91. The van der Waals surface area contributed by atoms with E-state index in [9.17, 15) is 19.2 Å². The van der Waals surface area contributed by atoms with Gasteiger partial charge < -0.3 is 0 Å². The summed E-state index contributed by atoms with van der Waals surface area (Å²) in [5.41, 5.74) is 0. The zero-order chi connectivity index (χ0) is 16.0. The van der Waals surface area contributed by atoms with E-state index in [2.05, 4.69) is 0 Å². The second-order valence-electron chi connectivity index (χ2n) is 4.05. The summed E-state index contributed by atoms with van der Waals surface area (Å²) in [6, 6.07) is 0. The van der Waals surface area contributed by atoms with Crippen LogP contribution in [0.3, 0.4) is 0 Å². The first-order valence-corrected chi connectivity index (χ1v) is 11.8. The Morgan fingerprint density at radius 1 is 0.773 bits per heavy atom. The van der Waals surface area contributed by atoms with Gasteiger partial charge in [-0.05, 0) is 0 Å². The molecule has 12 nitrogen and oxygen atoms in total. The predicted molar refractivity (Wildman–Crippen MR) is 58.5 cm³/mol. The molecule has 3 saturated heterocycles. The fourth-order valence-electron chi connectivity index (χ4n) is 1.66. The van der Waals surface area contributed by atoms with Crippen molar-refractivity contribution in [2.75, 3.05) is 0 Å². The van der Waals surface area contributed by atoms with E-state index < -0.39 is 91.2 Å². The van der Waals surface area contributed by atoms with Gasteiger partial charge >= 0.3 is 139 Å². The standard InChI is InChI=1S/2C4H4O6.2Sb/c2*5-1(3(7)8)2(6)4(9)10;;/h2*1-2H,(H,7,8)(H,9,10);;/q2*-2;2*+3/p-2/t1-,2+;1-,2-;;/m.1../s1. The molecule has 22 heavy (non-hydrogen) atoms. The fraction of sp³-hybridized carbons (Fsp3) is 0.500. The van der Waals surface area contributed by atoms with Gasteiger partial charge in [0.05, 0.1) is 0 Å². The molecule has 0 aromatic carbocycles. The molecule has 0 aromatic heterocycles. The number of rotatable bonds is 2. The molecule has 0 spiro atoms. The number of carboxylic acids is 2. The molecule has 2 N–H and O–H groups in total. The molecule has 3 rings (SSSR count). The van der Waals surface area contributed by atoms with Crippen LogP contribution in [0.4, 0.5) is 0 Å².